The van der Waals surface area contributed by atoms with E-state index in [4.69, 9.17) is 0 Å². The lowest BCUT2D eigenvalue weighted by atomic mass is 9.59. The average molecular weight is 317 g/mol. The molecule has 0 spiro atoms. The molecule has 0 heterocycles. The number of hydrogen-bond acceptors (Lipinski definition) is 0. The van der Waals surface area contributed by atoms with Gasteiger partial charge in [-0.25, -0.2) is 0 Å². The molecule has 0 aromatic rings. The van der Waals surface area contributed by atoms with E-state index >= 15 is 0 Å². The normalized spacial score (nSPS) is 45.8. The first kappa shape index (κ1) is 16.5. The number of hydrogen-bond donors (Lipinski definition) is 0. The molecule has 0 heteroatoms. The number of rotatable bonds is 3. The minimum atomic E-state index is 1.02. The predicted octanol–water partition coefficient (Wildman–Crippen LogP) is 7.23. The molecule has 4 aliphatic rings. The monoisotopic (exact) mass is 316 g/mol. The molecule has 132 valence electrons. The van der Waals surface area contributed by atoms with Crippen LogP contribution in [0.1, 0.15) is 103 Å². The molecule has 4 fully saturated rings. The topological polar surface area (TPSA) is 0 Å². The van der Waals surface area contributed by atoms with Crippen molar-refractivity contribution in [2.24, 2.45) is 41.4 Å². The Morgan fingerprint density at radius 2 is 1.17 bits per heavy atom. The van der Waals surface area contributed by atoms with Gasteiger partial charge < -0.3 is 0 Å². The van der Waals surface area contributed by atoms with Crippen molar-refractivity contribution in [3.05, 3.63) is 0 Å². The highest BCUT2D eigenvalue weighted by Crippen LogP contribution is 2.50. The summed E-state index contributed by atoms with van der Waals surface area (Å²) in [5.41, 5.74) is 0. The van der Waals surface area contributed by atoms with Crippen LogP contribution in [0.5, 0.6) is 0 Å². The zero-order valence-electron chi connectivity index (χ0n) is 15.6. The van der Waals surface area contributed by atoms with Crippen molar-refractivity contribution in [3.8, 4) is 0 Å². The summed E-state index contributed by atoms with van der Waals surface area (Å²) >= 11 is 0. The molecule has 4 rings (SSSR count). The van der Waals surface area contributed by atoms with E-state index in [0.29, 0.717) is 0 Å². The largest absolute Gasteiger partial charge is 0.0622 e. The van der Waals surface area contributed by atoms with Crippen LogP contribution in [0.25, 0.3) is 0 Å². The van der Waals surface area contributed by atoms with Crippen molar-refractivity contribution in [3.63, 3.8) is 0 Å². The summed E-state index contributed by atoms with van der Waals surface area (Å²) in [7, 11) is 0. The van der Waals surface area contributed by atoms with Gasteiger partial charge in [-0.2, -0.15) is 0 Å². The third kappa shape index (κ3) is 3.52. The Balaban J connectivity index is 1.39. The first-order valence-electron chi connectivity index (χ1n) is 11.3. The van der Waals surface area contributed by atoms with Crippen LogP contribution in [0.3, 0.4) is 0 Å². The molecule has 4 aliphatic carbocycles. The summed E-state index contributed by atoms with van der Waals surface area (Å²) in [6, 6.07) is 0. The van der Waals surface area contributed by atoms with E-state index in [1.807, 2.05) is 0 Å². The molecular weight excluding hydrogens is 276 g/mol. The van der Waals surface area contributed by atoms with Gasteiger partial charge in [-0.05, 0) is 67.1 Å². The molecule has 0 aromatic carbocycles. The maximum Gasteiger partial charge on any atom is -0.0355 e. The van der Waals surface area contributed by atoms with Gasteiger partial charge in [-0.1, -0.05) is 77.6 Å². The standard InChI is InChI=1S/C23H40/c1-17(21-15-7-11-19-9-3-5-14-23(19)21)16-20-12-6-10-18-8-2-4-13-22(18)20/h17-23H,2-16H2,1H3. The van der Waals surface area contributed by atoms with Gasteiger partial charge in [-0.15, -0.1) is 0 Å². The van der Waals surface area contributed by atoms with Crippen molar-refractivity contribution in [1.82, 2.24) is 0 Å². The van der Waals surface area contributed by atoms with Crippen molar-refractivity contribution >= 4 is 0 Å². The Hall–Kier alpha value is 0. The van der Waals surface area contributed by atoms with Gasteiger partial charge in [0.05, 0.1) is 0 Å². The summed E-state index contributed by atoms with van der Waals surface area (Å²) in [5, 5.41) is 0. The fourth-order valence-corrected chi connectivity index (χ4v) is 7.71. The highest BCUT2D eigenvalue weighted by atomic mass is 14.5. The first-order chi connectivity index (χ1) is 11.3. The van der Waals surface area contributed by atoms with Crippen LogP contribution in [0.2, 0.25) is 0 Å². The Morgan fingerprint density at radius 1 is 0.609 bits per heavy atom. The van der Waals surface area contributed by atoms with E-state index in [1.165, 1.54) is 12.8 Å². The molecule has 0 bridgehead atoms. The quantitative estimate of drug-likeness (QED) is 0.515. The SMILES string of the molecule is CC(CC1CCCC2CCCCC21)C1CCCC2CCCCC21. The fraction of sp³-hybridized carbons (Fsp3) is 1.00. The van der Waals surface area contributed by atoms with E-state index in [0.717, 1.165) is 41.4 Å². The average Bonchev–Trinajstić information content (AvgIpc) is 2.61. The molecule has 0 aliphatic heterocycles. The Labute approximate surface area is 145 Å². The smallest absolute Gasteiger partial charge is 0.0355 e. The molecule has 0 radical (unpaired) electrons. The summed E-state index contributed by atoms with van der Waals surface area (Å²) in [5.74, 6) is 7.73. The third-order valence-corrected chi connectivity index (χ3v) is 8.76. The van der Waals surface area contributed by atoms with Crippen LogP contribution < -0.4 is 0 Å². The second kappa shape index (κ2) is 7.49. The molecule has 23 heavy (non-hydrogen) atoms. The summed E-state index contributed by atoms with van der Waals surface area (Å²) < 4.78 is 0. The van der Waals surface area contributed by atoms with Crippen molar-refractivity contribution < 1.29 is 0 Å². The zero-order chi connectivity index (χ0) is 15.6. The van der Waals surface area contributed by atoms with Crippen molar-refractivity contribution in [2.75, 3.05) is 0 Å². The maximum absolute atomic E-state index is 2.66. The molecule has 0 nitrogen and oxygen atoms in total. The number of fused-ring (bicyclic) bond motifs is 2. The zero-order valence-corrected chi connectivity index (χ0v) is 15.6. The van der Waals surface area contributed by atoms with Crippen LogP contribution in [-0.4, -0.2) is 0 Å². The minimum absolute atomic E-state index is 1.02. The molecular formula is C23H40. The molecule has 0 saturated heterocycles. The molecule has 0 N–H and O–H groups in total. The van der Waals surface area contributed by atoms with E-state index in [2.05, 4.69) is 6.92 Å². The van der Waals surface area contributed by atoms with E-state index < -0.39 is 0 Å². The molecule has 4 saturated carbocycles. The van der Waals surface area contributed by atoms with Crippen molar-refractivity contribution in [1.29, 1.82) is 0 Å². The third-order valence-electron chi connectivity index (χ3n) is 8.76. The lowest BCUT2D eigenvalue weighted by Crippen LogP contribution is -2.37. The van der Waals surface area contributed by atoms with Gasteiger partial charge in [0.2, 0.25) is 0 Å². The summed E-state index contributed by atoms with van der Waals surface area (Å²) in [4.78, 5) is 0. The summed E-state index contributed by atoms with van der Waals surface area (Å²) in [6.45, 7) is 2.66. The lowest BCUT2D eigenvalue weighted by molar-refractivity contribution is 0.0357. The molecule has 7 atom stereocenters. The van der Waals surface area contributed by atoms with Crippen LogP contribution in [0.4, 0.5) is 0 Å². The van der Waals surface area contributed by atoms with Crippen LogP contribution in [0.15, 0.2) is 0 Å². The van der Waals surface area contributed by atoms with Gasteiger partial charge >= 0.3 is 0 Å². The fourth-order valence-electron chi connectivity index (χ4n) is 7.71. The first-order valence-corrected chi connectivity index (χ1v) is 11.3. The van der Waals surface area contributed by atoms with E-state index in [1.54, 1.807) is 83.5 Å². The van der Waals surface area contributed by atoms with E-state index in [9.17, 15) is 0 Å². The Bertz CT molecular complexity index is 368. The van der Waals surface area contributed by atoms with E-state index in [-0.39, 0.29) is 0 Å². The highest BCUT2D eigenvalue weighted by Gasteiger charge is 2.40. The second-order valence-electron chi connectivity index (χ2n) is 9.92. The summed E-state index contributed by atoms with van der Waals surface area (Å²) in [6.07, 6.45) is 23.4. The van der Waals surface area contributed by atoms with Crippen LogP contribution in [0, 0.1) is 41.4 Å². The van der Waals surface area contributed by atoms with Crippen LogP contribution in [-0.2, 0) is 0 Å². The Morgan fingerprint density at radius 3 is 1.96 bits per heavy atom. The second-order valence-corrected chi connectivity index (χ2v) is 9.92. The maximum atomic E-state index is 2.66. The van der Waals surface area contributed by atoms with Crippen LogP contribution >= 0.6 is 0 Å². The van der Waals surface area contributed by atoms with Gasteiger partial charge in [0.25, 0.3) is 0 Å². The molecule has 0 amide bonds. The van der Waals surface area contributed by atoms with Gasteiger partial charge in [0, 0.05) is 0 Å². The minimum Gasteiger partial charge on any atom is -0.0622 e. The predicted molar refractivity (Wildman–Crippen MR) is 99.4 cm³/mol. The molecule has 0 aromatic heterocycles. The van der Waals surface area contributed by atoms with Gasteiger partial charge in [0.15, 0.2) is 0 Å². The van der Waals surface area contributed by atoms with Crippen molar-refractivity contribution in [2.45, 2.75) is 103 Å². The Kier molecular flexibility index (Phi) is 5.36. The molecule has 7 unspecified atom stereocenters. The van der Waals surface area contributed by atoms with Gasteiger partial charge in [-0.3, -0.25) is 0 Å². The lowest BCUT2D eigenvalue weighted by Gasteiger charge is -2.47. The highest BCUT2D eigenvalue weighted by molar-refractivity contribution is 4.91. The van der Waals surface area contributed by atoms with Gasteiger partial charge in [0.1, 0.15) is 0 Å².